The van der Waals surface area contributed by atoms with Gasteiger partial charge in [-0.15, -0.1) is 5.10 Å². The zero-order valence-electron chi connectivity index (χ0n) is 17.3. The molecule has 0 spiro atoms. The van der Waals surface area contributed by atoms with Gasteiger partial charge in [0.05, 0.1) is 12.8 Å². The standard InChI is InChI=1S/C22H20FN7O2/c1-32-18-7-2-4-15(12-18)22(31)29-10-8-28(9-11-29)20-19-21(25-14-24-20)30(27-26-19)17-6-3-5-16(23)13-17/h2-7,12-14H,8-11H2,1H3. The number of fused-ring (bicyclic) bond motifs is 1. The third-order valence-electron chi connectivity index (χ3n) is 5.45. The summed E-state index contributed by atoms with van der Waals surface area (Å²) in [4.78, 5) is 25.5. The second kappa shape index (κ2) is 8.22. The predicted octanol–water partition coefficient (Wildman–Crippen LogP) is 2.32. The summed E-state index contributed by atoms with van der Waals surface area (Å²) in [5, 5.41) is 8.41. The van der Waals surface area contributed by atoms with Crippen LogP contribution in [0.4, 0.5) is 10.2 Å². The summed E-state index contributed by atoms with van der Waals surface area (Å²) in [5.74, 6) is 0.899. The molecule has 1 aliphatic heterocycles. The first kappa shape index (κ1) is 19.9. The minimum atomic E-state index is -0.364. The highest BCUT2D eigenvalue weighted by atomic mass is 19.1. The Hall–Kier alpha value is -4.08. The molecular formula is C22H20FN7O2. The van der Waals surface area contributed by atoms with Crippen molar-refractivity contribution in [3.8, 4) is 11.4 Å². The molecule has 1 saturated heterocycles. The molecule has 3 heterocycles. The van der Waals surface area contributed by atoms with Crippen molar-refractivity contribution in [1.82, 2.24) is 29.9 Å². The van der Waals surface area contributed by atoms with Crippen molar-refractivity contribution in [2.24, 2.45) is 0 Å². The Morgan fingerprint density at radius 1 is 1.03 bits per heavy atom. The first-order valence-electron chi connectivity index (χ1n) is 10.1. The van der Waals surface area contributed by atoms with Gasteiger partial charge in [0.25, 0.3) is 5.91 Å². The van der Waals surface area contributed by atoms with E-state index in [1.807, 2.05) is 17.0 Å². The van der Waals surface area contributed by atoms with Crippen molar-refractivity contribution in [3.05, 3.63) is 66.2 Å². The Morgan fingerprint density at radius 2 is 1.84 bits per heavy atom. The molecule has 32 heavy (non-hydrogen) atoms. The number of methoxy groups -OCH3 is 1. The van der Waals surface area contributed by atoms with E-state index in [9.17, 15) is 9.18 Å². The van der Waals surface area contributed by atoms with Gasteiger partial charge in [-0.3, -0.25) is 4.79 Å². The van der Waals surface area contributed by atoms with Crippen LogP contribution in [0.2, 0.25) is 0 Å². The van der Waals surface area contributed by atoms with E-state index in [2.05, 4.69) is 25.2 Å². The van der Waals surface area contributed by atoms with E-state index in [1.54, 1.807) is 31.4 Å². The summed E-state index contributed by atoms with van der Waals surface area (Å²) >= 11 is 0. The summed E-state index contributed by atoms with van der Waals surface area (Å²) in [7, 11) is 1.58. The molecule has 9 nitrogen and oxygen atoms in total. The van der Waals surface area contributed by atoms with Crippen molar-refractivity contribution in [2.75, 3.05) is 38.2 Å². The Kier molecular flexibility index (Phi) is 5.10. The molecule has 0 atom stereocenters. The molecule has 1 amide bonds. The molecule has 2 aromatic heterocycles. The van der Waals surface area contributed by atoms with Crippen molar-refractivity contribution in [3.63, 3.8) is 0 Å². The molecule has 0 unspecified atom stereocenters. The summed E-state index contributed by atoms with van der Waals surface area (Å²) in [6.07, 6.45) is 1.45. The molecule has 1 fully saturated rings. The van der Waals surface area contributed by atoms with Crippen LogP contribution in [0.25, 0.3) is 16.9 Å². The minimum Gasteiger partial charge on any atom is -0.497 e. The molecule has 0 bridgehead atoms. The fraction of sp³-hybridized carbons (Fsp3) is 0.227. The van der Waals surface area contributed by atoms with E-state index in [0.29, 0.717) is 60.2 Å². The summed E-state index contributed by atoms with van der Waals surface area (Å²) in [6, 6.07) is 13.2. The maximum absolute atomic E-state index is 13.7. The van der Waals surface area contributed by atoms with Gasteiger partial charge < -0.3 is 14.5 Å². The minimum absolute atomic E-state index is 0.0339. The number of amides is 1. The molecule has 0 saturated carbocycles. The number of hydrogen-bond acceptors (Lipinski definition) is 7. The molecule has 10 heteroatoms. The average Bonchev–Trinajstić information content (AvgIpc) is 3.28. The van der Waals surface area contributed by atoms with Crippen LogP contribution >= 0.6 is 0 Å². The van der Waals surface area contributed by atoms with Crippen LogP contribution in [-0.2, 0) is 0 Å². The SMILES string of the molecule is COc1cccc(C(=O)N2CCN(c3ncnc4c3nnn4-c3cccc(F)c3)CC2)c1. The van der Waals surface area contributed by atoms with E-state index in [4.69, 9.17) is 4.74 Å². The number of ether oxygens (including phenoxy) is 1. The van der Waals surface area contributed by atoms with E-state index in [1.165, 1.54) is 23.1 Å². The van der Waals surface area contributed by atoms with Crippen molar-refractivity contribution in [2.45, 2.75) is 0 Å². The lowest BCUT2D eigenvalue weighted by atomic mass is 10.1. The number of piperazine rings is 1. The van der Waals surface area contributed by atoms with E-state index in [0.717, 1.165) is 0 Å². The summed E-state index contributed by atoms with van der Waals surface area (Å²) < 4.78 is 20.4. The topological polar surface area (TPSA) is 89.3 Å². The van der Waals surface area contributed by atoms with Gasteiger partial charge in [-0.1, -0.05) is 17.3 Å². The number of anilines is 1. The molecule has 162 valence electrons. The molecule has 0 aliphatic carbocycles. The number of rotatable bonds is 4. The Morgan fingerprint density at radius 3 is 2.62 bits per heavy atom. The molecule has 0 N–H and O–H groups in total. The van der Waals surface area contributed by atoms with Crippen LogP contribution in [-0.4, -0.2) is 69.1 Å². The second-order valence-electron chi connectivity index (χ2n) is 7.36. The Bertz CT molecular complexity index is 1280. The first-order valence-corrected chi connectivity index (χ1v) is 10.1. The number of nitrogens with zero attached hydrogens (tertiary/aromatic N) is 7. The molecule has 0 radical (unpaired) electrons. The maximum Gasteiger partial charge on any atom is 0.254 e. The number of aromatic nitrogens is 5. The number of carbonyl (C=O) groups excluding carboxylic acids is 1. The lowest BCUT2D eigenvalue weighted by molar-refractivity contribution is 0.0746. The Balaban J connectivity index is 1.36. The molecule has 5 rings (SSSR count). The van der Waals surface area contributed by atoms with Crippen LogP contribution in [0.3, 0.4) is 0 Å². The highest BCUT2D eigenvalue weighted by Gasteiger charge is 2.25. The zero-order chi connectivity index (χ0) is 22.1. The van der Waals surface area contributed by atoms with Crippen LogP contribution in [0.5, 0.6) is 5.75 Å². The fourth-order valence-electron chi connectivity index (χ4n) is 3.81. The smallest absolute Gasteiger partial charge is 0.254 e. The van der Waals surface area contributed by atoms with E-state index >= 15 is 0 Å². The largest absolute Gasteiger partial charge is 0.497 e. The average molecular weight is 433 g/mol. The second-order valence-corrected chi connectivity index (χ2v) is 7.36. The van der Waals surface area contributed by atoms with E-state index in [-0.39, 0.29) is 11.7 Å². The predicted molar refractivity (Wildman–Crippen MR) is 116 cm³/mol. The van der Waals surface area contributed by atoms with Crippen molar-refractivity contribution < 1.29 is 13.9 Å². The van der Waals surface area contributed by atoms with Crippen molar-refractivity contribution in [1.29, 1.82) is 0 Å². The Labute approximate surface area is 183 Å². The normalized spacial score (nSPS) is 14.1. The number of benzene rings is 2. The zero-order valence-corrected chi connectivity index (χ0v) is 17.3. The third-order valence-corrected chi connectivity index (χ3v) is 5.45. The van der Waals surface area contributed by atoms with E-state index < -0.39 is 0 Å². The van der Waals surface area contributed by atoms with Crippen LogP contribution in [0.15, 0.2) is 54.9 Å². The lowest BCUT2D eigenvalue weighted by Crippen LogP contribution is -2.49. The third kappa shape index (κ3) is 3.59. The molecule has 4 aromatic rings. The van der Waals surface area contributed by atoms with Gasteiger partial charge in [0, 0.05) is 31.7 Å². The van der Waals surface area contributed by atoms with Gasteiger partial charge in [-0.05, 0) is 36.4 Å². The highest BCUT2D eigenvalue weighted by molar-refractivity contribution is 5.95. The molecule has 2 aromatic carbocycles. The first-order chi connectivity index (χ1) is 15.6. The molecular weight excluding hydrogens is 413 g/mol. The summed E-state index contributed by atoms with van der Waals surface area (Å²) in [5.41, 5.74) is 2.16. The van der Waals surface area contributed by atoms with Gasteiger partial charge in [0.15, 0.2) is 17.0 Å². The van der Waals surface area contributed by atoms with Gasteiger partial charge >= 0.3 is 0 Å². The monoisotopic (exact) mass is 433 g/mol. The molecule has 1 aliphatic rings. The van der Waals surface area contributed by atoms with Gasteiger partial charge in [0.2, 0.25) is 0 Å². The number of carbonyl (C=O) groups is 1. The fourth-order valence-corrected chi connectivity index (χ4v) is 3.81. The maximum atomic E-state index is 13.7. The van der Waals surface area contributed by atoms with Crippen molar-refractivity contribution >= 4 is 22.9 Å². The van der Waals surface area contributed by atoms with Gasteiger partial charge in [0.1, 0.15) is 17.9 Å². The lowest BCUT2D eigenvalue weighted by Gasteiger charge is -2.35. The van der Waals surface area contributed by atoms with Crippen LogP contribution in [0, 0.1) is 5.82 Å². The number of hydrogen-bond donors (Lipinski definition) is 0. The van der Waals surface area contributed by atoms with Crippen LogP contribution in [0.1, 0.15) is 10.4 Å². The highest BCUT2D eigenvalue weighted by Crippen LogP contribution is 2.24. The number of halogens is 1. The van der Waals surface area contributed by atoms with Gasteiger partial charge in [-0.25, -0.2) is 14.4 Å². The van der Waals surface area contributed by atoms with Gasteiger partial charge in [-0.2, -0.15) is 4.68 Å². The summed E-state index contributed by atoms with van der Waals surface area (Å²) in [6.45, 7) is 2.27. The van der Waals surface area contributed by atoms with Crippen LogP contribution < -0.4 is 9.64 Å². The quantitative estimate of drug-likeness (QED) is 0.488.